The van der Waals surface area contributed by atoms with E-state index in [-0.39, 0.29) is 5.91 Å². The maximum absolute atomic E-state index is 12.4. The Morgan fingerprint density at radius 1 is 1.03 bits per heavy atom. The smallest absolute Gasteiger partial charge is 0.238 e. The summed E-state index contributed by atoms with van der Waals surface area (Å²) in [6.45, 7) is 6.57. The van der Waals surface area contributed by atoms with Crippen molar-refractivity contribution in [2.75, 3.05) is 51.3 Å². The van der Waals surface area contributed by atoms with Gasteiger partial charge in [-0.1, -0.05) is 30.3 Å². The second kappa shape index (κ2) is 9.87. The standard InChI is InChI=1S/C23H29N3O3/c27-23(16-25-11-13-26(14-12-25)21-10-15-28-18-21)24-20-6-8-22(9-7-20)29-17-19-4-2-1-3-5-19/h1-9,21H,10-18H2,(H,24,27). The van der Waals surface area contributed by atoms with Gasteiger partial charge in [-0.3, -0.25) is 14.6 Å². The summed E-state index contributed by atoms with van der Waals surface area (Å²) >= 11 is 0. The molecule has 2 heterocycles. The molecule has 0 spiro atoms. The molecule has 2 aliphatic heterocycles. The van der Waals surface area contributed by atoms with Gasteiger partial charge in [-0.2, -0.15) is 0 Å². The van der Waals surface area contributed by atoms with Crippen LogP contribution in [0.15, 0.2) is 54.6 Å². The van der Waals surface area contributed by atoms with E-state index >= 15 is 0 Å². The molecule has 2 fully saturated rings. The van der Waals surface area contributed by atoms with Crippen LogP contribution in [0.5, 0.6) is 5.75 Å². The van der Waals surface area contributed by atoms with E-state index in [4.69, 9.17) is 9.47 Å². The summed E-state index contributed by atoms with van der Waals surface area (Å²) in [5.41, 5.74) is 1.93. The molecule has 29 heavy (non-hydrogen) atoms. The molecular weight excluding hydrogens is 366 g/mol. The normalized spacial score (nSPS) is 20.5. The maximum atomic E-state index is 12.4. The molecule has 6 heteroatoms. The van der Waals surface area contributed by atoms with E-state index in [1.54, 1.807) is 0 Å². The first-order chi connectivity index (χ1) is 14.3. The number of hydrogen-bond donors (Lipinski definition) is 1. The van der Waals surface area contributed by atoms with Gasteiger partial charge in [0.05, 0.1) is 13.2 Å². The molecule has 4 rings (SSSR count). The number of amides is 1. The number of carbonyl (C=O) groups is 1. The largest absolute Gasteiger partial charge is 0.489 e. The molecule has 0 aliphatic carbocycles. The Morgan fingerprint density at radius 3 is 2.48 bits per heavy atom. The lowest BCUT2D eigenvalue weighted by Crippen LogP contribution is -2.52. The van der Waals surface area contributed by atoms with Crippen LogP contribution in [-0.4, -0.2) is 67.7 Å². The van der Waals surface area contributed by atoms with E-state index in [0.717, 1.165) is 62.8 Å². The fourth-order valence-corrected chi connectivity index (χ4v) is 3.88. The van der Waals surface area contributed by atoms with E-state index in [2.05, 4.69) is 15.1 Å². The summed E-state index contributed by atoms with van der Waals surface area (Å²) in [5, 5.41) is 2.99. The summed E-state index contributed by atoms with van der Waals surface area (Å²) in [7, 11) is 0. The number of piperazine rings is 1. The van der Waals surface area contributed by atoms with Crippen molar-refractivity contribution >= 4 is 11.6 Å². The second-order valence-corrected chi connectivity index (χ2v) is 7.68. The first kappa shape index (κ1) is 19.9. The van der Waals surface area contributed by atoms with Crippen LogP contribution in [0, 0.1) is 0 Å². The van der Waals surface area contributed by atoms with Crippen LogP contribution < -0.4 is 10.1 Å². The van der Waals surface area contributed by atoms with Gasteiger partial charge in [0.25, 0.3) is 0 Å². The molecule has 0 bridgehead atoms. The quantitative estimate of drug-likeness (QED) is 0.781. The van der Waals surface area contributed by atoms with Crippen LogP contribution in [0.4, 0.5) is 5.69 Å². The number of carbonyl (C=O) groups excluding carboxylic acids is 1. The number of ether oxygens (including phenoxy) is 2. The molecule has 2 saturated heterocycles. The molecular formula is C23H29N3O3. The van der Waals surface area contributed by atoms with Gasteiger partial charge in [0, 0.05) is 44.5 Å². The van der Waals surface area contributed by atoms with Crippen molar-refractivity contribution in [3.63, 3.8) is 0 Å². The fourth-order valence-electron chi connectivity index (χ4n) is 3.88. The molecule has 1 atom stereocenters. The predicted molar refractivity (Wildman–Crippen MR) is 113 cm³/mol. The van der Waals surface area contributed by atoms with Gasteiger partial charge in [0.1, 0.15) is 12.4 Å². The van der Waals surface area contributed by atoms with E-state index < -0.39 is 0 Å². The van der Waals surface area contributed by atoms with Gasteiger partial charge < -0.3 is 14.8 Å². The average molecular weight is 396 g/mol. The molecule has 2 aromatic rings. The lowest BCUT2D eigenvalue weighted by Gasteiger charge is -2.37. The molecule has 1 amide bonds. The number of anilines is 1. The third kappa shape index (κ3) is 5.79. The average Bonchev–Trinajstić information content (AvgIpc) is 3.29. The topological polar surface area (TPSA) is 54.0 Å². The highest BCUT2D eigenvalue weighted by Gasteiger charge is 2.27. The van der Waals surface area contributed by atoms with Crippen LogP contribution >= 0.6 is 0 Å². The van der Waals surface area contributed by atoms with Gasteiger partial charge in [0.15, 0.2) is 0 Å². The van der Waals surface area contributed by atoms with Crippen LogP contribution in [0.25, 0.3) is 0 Å². The molecule has 0 aromatic heterocycles. The number of nitrogens with one attached hydrogen (secondary N) is 1. The highest BCUT2D eigenvalue weighted by molar-refractivity contribution is 5.92. The first-order valence-corrected chi connectivity index (χ1v) is 10.4. The zero-order valence-corrected chi connectivity index (χ0v) is 16.8. The summed E-state index contributed by atoms with van der Waals surface area (Å²) in [6.07, 6.45) is 1.13. The molecule has 1 unspecified atom stereocenters. The molecule has 6 nitrogen and oxygen atoms in total. The SMILES string of the molecule is O=C(CN1CCN(C2CCOC2)CC1)Nc1ccc(OCc2ccccc2)cc1. The molecule has 2 aromatic carbocycles. The lowest BCUT2D eigenvalue weighted by molar-refractivity contribution is -0.117. The summed E-state index contributed by atoms with van der Waals surface area (Å²) in [5.74, 6) is 0.819. The minimum Gasteiger partial charge on any atom is -0.489 e. The lowest BCUT2D eigenvalue weighted by atomic mass is 10.2. The number of hydrogen-bond acceptors (Lipinski definition) is 5. The van der Waals surface area contributed by atoms with E-state index in [1.807, 2.05) is 54.6 Å². The first-order valence-electron chi connectivity index (χ1n) is 10.4. The minimum atomic E-state index is 0.0283. The monoisotopic (exact) mass is 395 g/mol. The predicted octanol–water partition coefficient (Wildman–Crippen LogP) is 2.61. The molecule has 154 valence electrons. The zero-order chi connectivity index (χ0) is 19.9. The van der Waals surface area contributed by atoms with Crippen molar-refractivity contribution in [2.24, 2.45) is 0 Å². The minimum absolute atomic E-state index is 0.0283. The van der Waals surface area contributed by atoms with Crippen molar-refractivity contribution in [3.05, 3.63) is 60.2 Å². The third-order valence-corrected chi connectivity index (χ3v) is 5.58. The summed E-state index contributed by atoms with van der Waals surface area (Å²) < 4.78 is 11.3. The number of rotatable bonds is 7. The van der Waals surface area contributed by atoms with E-state index in [0.29, 0.717) is 19.2 Å². The molecule has 1 N–H and O–H groups in total. The van der Waals surface area contributed by atoms with Crippen molar-refractivity contribution in [3.8, 4) is 5.75 Å². The number of benzene rings is 2. The summed E-state index contributed by atoms with van der Waals surface area (Å²) in [6, 6.07) is 18.2. The zero-order valence-electron chi connectivity index (χ0n) is 16.8. The Balaban J connectivity index is 1.18. The van der Waals surface area contributed by atoms with Gasteiger partial charge in [-0.25, -0.2) is 0 Å². The van der Waals surface area contributed by atoms with E-state index in [9.17, 15) is 4.79 Å². The Bertz CT molecular complexity index is 768. The van der Waals surface area contributed by atoms with E-state index in [1.165, 1.54) is 0 Å². The van der Waals surface area contributed by atoms with Crippen LogP contribution in [-0.2, 0) is 16.1 Å². The Kier molecular flexibility index (Phi) is 6.77. The van der Waals surface area contributed by atoms with Crippen molar-refractivity contribution in [2.45, 2.75) is 19.1 Å². The van der Waals surface area contributed by atoms with Crippen LogP contribution in [0.3, 0.4) is 0 Å². The van der Waals surface area contributed by atoms with Crippen molar-refractivity contribution < 1.29 is 14.3 Å². The fraction of sp³-hybridized carbons (Fsp3) is 0.435. The molecule has 0 radical (unpaired) electrons. The second-order valence-electron chi connectivity index (χ2n) is 7.68. The Labute approximate surface area is 172 Å². The highest BCUT2D eigenvalue weighted by atomic mass is 16.5. The van der Waals surface area contributed by atoms with Gasteiger partial charge in [0.2, 0.25) is 5.91 Å². The Morgan fingerprint density at radius 2 is 1.79 bits per heavy atom. The van der Waals surface area contributed by atoms with Crippen LogP contribution in [0.2, 0.25) is 0 Å². The van der Waals surface area contributed by atoms with Crippen LogP contribution in [0.1, 0.15) is 12.0 Å². The molecule has 0 saturated carbocycles. The Hall–Kier alpha value is -2.41. The summed E-state index contributed by atoms with van der Waals surface area (Å²) in [4.78, 5) is 17.1. The van der Waals surface area contributed by atoms with Crippen molar-refractivity contribution in [1.29, 1.82) is 0 Å². The van der Waals surface area contributed by atoms with Gasteiger partial charge in [-0.15, -0.1) is 0 Å². The molecule has 2 aliphatic rings. The van der Waals surface area contributed by atoms with Gasteiger partial charge >= 0.3 is 0 Å². The van der Waals surface area contributed by atoms with Gasteiger partial charge in [-0.05, 0) is 36.2 Å². The van der Waals surface area contributed by atoms with Crippen molar-refractivity contribution in [1.82, 2.24) is 9.80 Å². The number of nitrogens with zero attached hydrogens (tertiary/aromatic N) is 2. The highest BCUT2D eigenvalue weighted by Crippen LogP contribution is 2.18. The third-order valence-electron chi connectivity index (χ3n) is 5.58. The maximum Gasteiger partial charge on any atom is 0.238 e.